The van der Waals surface area contributed by atoms with Gasteiger partial charge in [0.05, 0.1) is 19.3 Å². The topological polar surface area (TPSA) is 67.9 Å². The predicted octanol–water partition coefficient (Wildman–Crippen LogP) is 2.87. The van der Waals surface area contributed by atoms with Gasteiger partial charge in [0.2, 0.25) is 0 Å². The number of rotatable bonds is 5. The Balaban J connectivity index is 1.82. The van der Waals surface area contributed by atoms with E-state index in [2.05, 4.69) is 4.72 Å². The molecule has 2 heterocycles. The molecule has 1 N–H and O–H groups in total. The zero-order valence-corrected chi connectivity index (χ0v) is 15.8. The van der Waals surface area contributed by atoms with Gasteiger partial charge in [-0.05, 0) is 36.5 Å². The maximum atomic E-state index is 12.8. The molecule has 1 fully saturated rings. The summed E-state index contributed by atoms with van der Waals surface area (Å²) >= 11 is 0. The Morgan fingerprint density at radius 1 is 1.00 bits per heavy atom. The molecule has 2 aliphatic heterocycles. The van der Waals surface area contributed by atoms with E-state index < -0.39 is 10.2 Å². The highest BCUT2D eigenvalue weighted by Crippen LogP contribution is 2.34. The standard InChI is InChI=1S/C18H28N2O4S/c1-14(2)18(19-25(21,22)20-9-4-3-5-10-20)15-7-8-16-17(13-15)24-12-6-11-23-16/h7-8,13-14,18-19H,3-6,9-12H2,1-2H3. The van der Waals surface area contributed by atoms with Crippen LogP contribution in [-0.2, 0) is 10.2 Å². The number of piperidine rings is 1. The maximum Gasteiger partial charge on any atom is 0.280 e. The van der Waals surface area contributed by atoms with Gasteiger partial charge in [0.25, 0.3) is 10.2 Å². The second-order valence-corrected chi connectivity index (χ2v) is 8.76. The molecule has 0 bridgehead atoms. The van der Waals surface area contributed by atoms with Gasteiger partial charge >= 0.3 is 0 Å². The van der Waals surface area contributed by atoms with Crippen LogP contribution in [0.15, 0.2) is 18.2 Å². The van der Waals surface area contributed by atoms with Crippen LogP contribution in [0.2, 0.25) is 0 Å². The van der Waals surface area contributed by atoms with Crippen LogP contribution in [0.25, 0.3) is 0 Å². The van der Waals surface area contributed by atoms with Crippen molar-refractivity contribution in [2.24, 2.45) is 5.92 Å². The third-order valence-corrected chi connectivity index (χ3v) is 6.32. The summed E-state index contributed by atoms with van der Waals surface area (Å²) < 4.78 is 41.4. The molecule has 0 aromatic heterocycles. The summed E-state index contributed by atoms with van der Waals surface area (Å²) in [5, 5.41) is 0. The molecule has 25 heavy (non-hydrogen) atoms. The lowest BCUT2D eigenvalue weighted by atomic mass is 9.97. The molecule has 1 unspecified atom stereocenters. The lowest BCUT2D eigenvalue weighted by molar-refractivity contribution is 0.296. The van der Waals surface area contributed by atoms with Crippen LogP contribution in [0.1, 0.15) is 51.1 Å². The van der Waals surface area contributed by atoms with Crippen LogP contribution in [0, 0.1) is 5.92 Å². The lowest BCUT2D eigenvalue weighted by Gasteiger charge is -2.30. The fraction of sp³-hybridized carbons (Fsp3) is 0.667. The fourth-order valence-electron chi connectivity index (χ4n) is 3.30. The van der Waals surface area contributed by atoms with Crippen molar-refractivity contribution in [3.8, 4) is 11.5 Å². The quantitative estimate of drug-likeness (QED) is 0.868. The van der Waals surface area contributed by atoms with E-state index in [-0.39, 0.29) is 12.0 Å². The van der Waals surface area contributed by atoms with Gasteiger partial charge in [-0.15, -0.1) is 0 Å². The molecule has 1 aromatic rings. The minimum atomic E-state index is -3.49. The van der Waals surface area contributed by atoms with Crippen LogP contribution in [0.3, 0.4) is 0 Å². The number of nitrogens with zero attached hydrogens (tertiary/aromatic N) is 1. The fourth-order valence-corrected chi connectivity index (χ4v) is 4.92. The Hall–Kier alpha value is -1.31. The average molecular weight is 368 g/mol. The Bertz CT molecular complexity index is 684. The van der Waals surface area contributed by atoms with Crippen LogP contribution < -0.4 is 14.2 Å². The normalized spacial score (nSPS) is 20.3. The minimum Gasteiger partial charge on any atom is -0.490 e. The molecule has 7 heteroatoms. The van der Waals surface area contributed by atoms with Crippen LogP contribution in [-0.4, -0.2) is 39.0 Å². The van der Waals surface area contributed by atoms with Crippen molar-refractivity contribution >= 4 is 10.2 Å². The summed E-state index contributed by atoms with van der Waals surface area (Å²) in [6.45, 7) is 6.49. The van der Waals surface area contributed by atoms with E-state index in [1.807, 2.05) is 32.0 Å². The third-order valence-electron chi connectivity index (χ3n) is 4.73. The van der Waals surface area contributed by atoms with Gasteiger partial charge in [0, 0.05) is 19.5 Å². The second-order valence-electron chi connectivity index (χ2n) is 7.06. The first-order valence-corrected chi connectivity index (χ1v) is 10.6. The molecule has 1 aromatic carbocycles. The first-order chi connectivity index (χ1) is 12.0. The second kappa shape index (κ2) is 7.93. The van der Waals surface area contributed by atoms with E-state index >= 15 is 0 Å². The van der Waals surface area contributed by atoms with Crippen molar-refractivity contribution in [3.63, 3.8) is 0 Å². The van der Waals surface area contributed by atoms with E-state index in [1.165, 1.54) is 0 Å². The van der Waals surface area contributed by atoms with E-state index in [1.54, 1.807) is 4.31 Å². The van der Waals surface area contributed by atoms with Gasteiger partial charge in [0.15, 0.2) is 11.5 Å². The van der Waals surface area contributed by atoms with Crippen LogP contribution in [0.4, 0.5) is 0 Å². The Labute approximate surface area is 150 Å². The van der Waals surface area contributed by atoms with Crippen molar-refractivity contribution in [1.82, 2.24) is 9.03 Å². The van der Waals surface area contributed by atoms with Gasteiger partial charge in [-0.25, -0.2) is 0 Å². The van der Waals surface area contributed by atoms with Crippen molar-refractivity contribution < 1.29 is 17.9 Å². The molecule has 0 radical (unpaired) electrons. The number of hydrogen-bond donors (Lipinski definition) is 1. The van der Waals surface area contributed by atoms with Gasteiger partial charge in [-0.2, -0.15) is 17.4 Å². The summed E-state index contributed by atoms with van der Waals surface area (Å²) in [5.41, 5.74) is 0.903. The third kappa shape index (κ3) is 4.46. The first kappa shape index (κ1) is 18.5. The Morgan fingerprint density at radius 3 is 2.36 bits per heavy atom. The smallest absolute Gasteiger partial charge is 0.280 e. The Morgan fingerprint density at radius 2 is 1.68 bits per heavy atom. The number of nitrogens with one attached hydrogen (secondary N) is 1. The number of ether oxygens (including phenoxy) is 2. The molecule has 0 saturated carbocycles. The van der Waals surface area contributed by atoms with E-state index in [0.29, 0.717) is 32.1 Å². The van der Waals surface area contributed by atoms with Gasteiger partial charge < -0.3 is 9.47 Å². The average Bonchev–Trinajstić information content (AvgIpc) is 2.85. The van der Waals surface area contributed by atoms with Gasteiger partial charge in [-0.1, -0.05) is 26.3 Å². The van der Waals surface area contributed by atoms with Crippen molar-refractivity contribution in [1.29, 1.82) is 0 Å². The van der Waals surface area contributed by atoms with Crippen LogP contribution in [0.5, 0.6) is 11.5 Å². The van der Waals surface area contributed by atoms with Crippen LogP contribution >= 0.6 is 0 Å². The summed E-state index contributed by atoms with van der Waals surface area (Å²) in [5.74, 6) is 1.53. The Kier molecular flexibility index (Phi) is 5.86. The molecular formula is C18H28N2O4S. The van der Waals surface area contributed by atoms with Gasteiger partial charge in [-0.3, -0.25) is 0 Å². The molecule has 2 aliphatic rings. The van der Waals surface area contributed by atoms with Crippen molar-refractivity contribution in [2.45, 2.75) is 45.6 Å². The molecule has 0 aliphatic carbocycles. The highest BCUT2D eigenvalue weighted by Gasteiger charge is 2.29. The monoisotopic (exact) mass is 368 g/mol. The summed E-state index contributed by atoms with van der Waals surface area (Å²) in [7, 11) is -3.49. The largest absolute Gasteiger partial charge is 0.490 e. The van der Waals surface area contributed by atoms with Crippen molar-refractivity contribution in [3.05, 3.63) is 23.8 Å². The maximum absolute atomic E-state index is 12.8. The highest BCUT2D eigenvalue weighted by atomic mass is 32.2. The lowest BCUT2D eigenvalue weighted by Crippen LogP contribution is -2.45. The van der Waals surface area contributed by atoms with E-state index in [4.69, 9.17) is 9.47 Å². The summed E-state index contributed by atoms with van der Waals surface area (Å²) in [4.78, 5) is 0. The molecule has 3 rings (SSSR count). The van der Waals surface area contributed by atoms with Gasteiger partial charge in [0.1, 0.15) is 0 Å². The molecular weight excluding hydrogens is 340 g/mol. The summed E-state index contributed by atoms with van der Waals surface area (Å²) in [6, 6.07) is 5.41. The predicted molar refractivity (Wildman–Crippen MR) is 97.1 cm³/mol. The molecule has 140 valence electrons. The SMILES string of the molecule is CC(C)C(NS(=O)(=O)N1CCCCC1)c1ccc2c(c1)OCCCO2. The highest BCUT2D eigenvalue weighted by molar-refractivity contribution is 7.87. The number of benzene rings is 1. The molecule has 6 nitrogen and oxygen atoms in total. The zero-order valence-electron chi connectivity index (χ0n) is 15.0. The minimum absolute atomic E-state index is 0.115. The summed E-state index contributed by atoms with van der Waals surface area (Å²) in [6.07, 6.45) is 3.80. The molecule has 1 saturated heterocycles. The van der Waals surface area contributed by atoms with E-state index in [9.17, 15) is 8.42 Å². The zero-order chi connectivity index (χ0) is 17.9. The molecule has 0 amide bonds. The molecule has 0 spiro atoms. The number of fused-ring (bicyclic) bond motifs is 1. The van der Waals surface area contributed by atoms with Crippen molar-refractivity contribution in [2.75, 3.05) is 26.3 Å². The number of hydrogen-bond acceptors (Lipinski definition) is 4. The molecule has 1 atom stereocenters. The first-order valence-electron chi connectivity index (χ1n) is 9.14. The van der Waals surface area contributed by atoms with E-state index in [0.717, 1.165) is 37.0 Å².